The number of carbonyl (C=O) groups is 2. The monoisotopic (exact) mass is 255 g/mol. The Hall–Kier alpha value is -1.52. The van der Waals surface area contributed by atoms with Gasteiger partial charge in [0.2, 0.25) is 0 Å². The average molecular weight is 255 g/mol. The van der Waals surface area contributed by atoms with Gasteiger partial charge in [-0.25, -0.2) is 9.59 Å². The Morgan fingerprint density at radius 1 is 1.39 bits per heavy atom. The molecule has 0 saturated carbocycles. The number of esters is 1. The third kappa shape index (κ3) is 4.05. The van der Waals surface area contributed by atoms with Crippen LogP contribution >= 0.6 is 0 Å². The van der Waals surface area contributed by atoms with E-state index in [2.05, 4.69) is 0 Å². The maximum Gasteiger partial charge on any atom is 0.415 e. The smallest absolute Gasteiger partial charge is 0.415 e. The fraction of sp³-hybridized carbons (Fsp3) is 0.692. The predicted molar refractivity (Wildman–Crippen MR) is 66.9 cm³/mol. The van der Waals surface area contributed by atoms with Gasteiger partial charge in [0.05, 0.1) is 6.61 Å². The zero-order chi connectivity index (χ0) is 13.8. The van der Waals surface area contributed by atoms with E-state index in [1.165, 1.54) is 4.90 Å². The van der Waals surface area contributed by atoms with Crippen LogP contribution in [0.3, 0.4) is 0 Å². The van der Waals surface area contributed by atoms with E-state index in [1.807, 2.05) is 6.08 Å². The van der Waals surface area contributed by atoms with E-state index in [4.69, 9.17) is 9.47 Å². The third-order valence-corrected chi connectivity index (χ3v) is 2.37. The predicted octanol–water partition coefficient (Wildman–Crippen LogP) is 2.46. The highest BCUT2D eigenvalue weighted by atomic mass is 16.6. The van der Waals surface area contributed by atoms with Crippen LogP contribution in [0.15, 0.2) is 12.3 Å². The van der Waals surface area contributed by atoms with Gasteiger partial charge in [0.15, 0.2) is 0 Å². The summed E-state index contributed by atoms with van der Waals surface area (Å²) in [5, 5.41) is 0. The number of ether oxygens (including phenoxy) is 2. The standard InChI is InChI=1S/C13H21NO4/c1-5-17-11(15)10-8-6-7-9-14(10)12(16)18-13(2,3)4/h7,9-10H,5-6,8H2,1-4H3/t10-/m1/s1. The van der Waals surface area contributed by atoms with E-state index in [0.29, 0.717) is 13.0 Å². The number of hydrogen-bond donors (Lipinski definition) is 0. The van der Waals surface area contributed by atoms with Crippen LogP contribution in [0.2, 0.25) is 0 Å². The molecule has 0 aromatic carbocycles. The molecule has 5 nitrogen and oxygen atoms in total. The Morgan fingerprint density at radius 3 is 2.61 bits per heavy atom. The molecule has 0 radical (unpaired) electrons. The molecule has 0 bridgehead atoms. The van der Waals surface area contributed by atoms with Crippen molar-refractivity contribution in [2.75, 3.05) is 6.61 Å². The number of allylic oxidation sites excluding steroid dienone is 1. The molecule has 1 amide bonds. The minimum atomic E-state index is -0.582. The van der Waals surface area contributed by atoms with Crippen LogP contribution in [0.1, 0.15) is 40.5 Å². The van der Waals surface area contributed by atoms with Crippen LogP contribution in [-0.2, 0) is 14.3 Å². The number of nitrogens with zero attached hydrogens (tertiary/aromatic N) is 1. The summed E-state index contributed by atoms with van der Waals surface area (Å²) in [5.41, 5.74) is -0.582. The highest BCUT2D eigenvalue weighted by molar-refractivity contribution is 5.82. The molecule has 1 rings (SSSR count). The molecular weight excluding hydrogens is 234 g/mol. The first-order valence-corrected chi connectivity index (χ1v) is 6.19. The van der Waals surface area contributed by atoms with Crippen LogP contribution in [-0.4, -0.2) is 35.2 Å². The normalized spacial score (nSPS) is 19.6. The van der Waals surface area contributed by atoms with E-state index < -0.39 is 17.7 Å². The minimum absolute atomic E-state index is 0.307. The van der Waals surface area contributed by atoms with Gasteiger partial charge in [0.25, 0.3) is 0 Å². The maximum absolute atomic E-state index is 12.0. The van der Waals surface area contributed by atoms with Crippen LogP contribution in [0.25, 0.3) is 0 Å². The summed E-state index contributed by atoms with van der Waals surface area (Å²) in [6.45, 7) is 7.42. The summed E-state index contributed by atoms with van der Waals surface area (Å²) in [5.74, 6) is -0.382. The first kappa shape index (κ1) is 14.5. The molecule has 1 aliphatic heterocycles. The second-order valence-electron chi connectivity index (χ2n) is 5.12. The van der Waals surface area contributed by atoms with Crippen LogP contribution < -0.4 is 0 Å². The molecule has 0 fully saturated rings. The van der Waals surface area contributed by atoms with Crippen molar-refractivity contribution in [1.29, 1.82) is 0 Å². The van der Waals surface area contributed by atoms with Gasteiger partial charge in [0, 0.05) is 6.20 Å². The lowest BCUT2D eigenvalue weighted by atomic mass is 10.1. The van der Waals surface area contributed by atoms with Gasteiger partial charge in [0.1, 0.15) is 11.6 Å². The largest absolute Gasteiger partial charge is 0.464 e. The molecule has 5 heteroatoms. The van der Waals surface area contributed by atoms with E-state index in [0.717, 1.165) is 6.42 Å². The van der Waals surface area contributed by atoms with Crippen LogP contribution in [0.4, 0.5) is 4.79 Å². The molecule has 0 spiro atoms. The number of rotatable bonds is 2. The zero-order valence-corrected chi connectivity index (χ0v) is 11.4. The summed E-state index contributed by atoms with van der Waals surface area (Å²) in [6.07, 6.45) is 4.24. The highest BCUT2D eigenvalue weighted by Gasteiger charge is 2.33. The molecule has 0 unspecified atom stereocenters. The lowest BCUT2D eigenvalue weighted by Gasteiger charge is -2.31. The van der Waals surface area contributed by atoms with Crippen molar-refractivity contribution in [2.24, 2.45) is 0 Å². The summed E-state index contributed by atoms with van der Waals surface area (Å²) < 4.78 is 10.2. The quantitative estimate of drug-likeness (QED) is 0.711. The Kier molecular flexibility index (Phi) is 4.76. The molecule has 1 atom stereocenters. The summed E-state index contributed by atoms with van der Waals surface area (Å²) in [4.78, 5) is 25.1. The van der Waals surface area contributed by atoms with Crippen molar-refractivity contribution in [3.05, 3.63) is 12.3 Å². The van der Waals surface area contributed by atoms with Gasteiger partial charge < -0.3 is 9.47 Å². The zero-order valence-electron chi connectivity index (χ0n) is 11.4. The summed E-state index contributed by atoms with van der Waals surface area (Å²) in [7, 11) is 0. The molecule has 102 valence electrons. The summed E-state index contributed by atoms with van der Waals surface area (Å²) in [6, 6.07) is -0.579. The Labute approximate surface area is 108 Å². The topological polar surface area (TPSA) is 55.8 Å². The Morgan fingerprint density at radius 2 is 2.06 bits per heavy atom. The molecule has 1 heterocycles. The molecule has 0 aromatic rings. The second-order valence-corrected chi connectivity index (χ2v) is 5.12. The summed E-state index contributed by atoms with van der Waals surface area (Å²) >= 11 is 0. The first-order valence-electron chi connectivity index (χ1n) is 6.19. The first-order chi connectivity index (χ1) is 8.35. The van der Waals surface area contributed by atoms with E-state index in [1.54, 1.807) is 33.9 Å². The molecule has 0 aliphatic carbocycles. The van der Waals surface area contributed by atoms with Crippen molar-refractivity contribution in [3.8, 4) is 0 Å². The van der Waals surface area contributed by atoms with Gasteiger partial charge in [-0.3, -0.25) is 4.90 Å². The number of hydrogen-bond acceptors (Lipinski definition) is 4. The fourth-order valence-corrected chi connectivity index (χ4v) is 1.66. The second kappa shape index (κ2) is 5.89. The van der Waals surface area contributed by atoms with Gasteiger partial charge in [-0.2, -0.15) is 0 Å². The molecule has 0 aromatic heterocycles. The molecular formula is C13H21NO4. The van der Waals surface area contributed by atoms with Gasteiger partial charge in [-0.15, -0.1) is 0 Å². The van der Waals surface area contributed by atoms with Gasteiger partial charge in [-0.05, 0) is 40.5 Å². The van der Waals surface area contributed by atoms with Crippen molar-refractivity contribution in [2.45, 2.75) is 52.2 Å². The highest BCUT2D eigenvalue weighted by Crippen LogP contribution is 2.20. The van der Waals surface area contributed by atoms with E-state index in [9.17, 15) is 9.59 Å². The number of amides is 1. The van der Waals surface area contributed by atoms with Gasteiger partial charge in [-0.1, -0.05) is 6.08 Å². The maximum atomic E-state index is 12.0. The Bertz CT molecular complexity index is 343. The van der Waals surface area contributed by atoms with Crippen molar-refractivity contribution < 1.29 is 19.1 Å². The van der Waals surface area contributed by atoms with E-state index >= 15 is 0 Å². The van der Waals surface area contributed by atoms with Crippen molar-refractivity contribution in [3.63, 3.8) is 0 Å². The third-order valence-electron chi connectivity index (χ3n) is 2.37. The average Bonchev–Trinajstić information content (AvgIpc) is 2.27. The SMILES string of the molecule is CCOC(=O)[C@H]1CCC=CN1C(=O)OC(C)(C)C. The van der Waals surface area contributed by atoms with Crippen molar-refractivity contribution in [1.82, 2.24) is 4.90 Å². The Balaban J connectivity index is 2.76. The fourth-order valence-electron chi connectivity index (χ4n) is 1.66. The minimum Gasteiger partial charge on any atom is -0.464 e. The molecule has 0 N–H and O–H groups in total. The van der Waals surface area contributed by atoms with Crippen LogP contribution in [0, 0.1) is 0 Å². The van der Waals surface area contributed by atoms with E-state index in [-0.39, 0.29) is 5.97 Å². The van der Waals surface area contributed by atoms with Crippen LogP contribution in [0.5, 0.6) is 0 Å². The van der Waals surface area contributed by atoms with Crippen molar-refractivity contribution >= 4 is 12.1 Å². The molecule has 18 heavy (non-hydrogen) atoms. The number of carbonyl (C=O) groups excluding carboxylic acids is 2. The lowest BCUT2D eigenvalue weighted by molar-refractivity contribution is -0.148. The molecule has 1 aliphatic rings. The van der Waals surface area contributed by atoms with Gasteiger partial charge >= 0.3 is 12.1 Å². The lowest BCUT2D eigenvalue weighted by Crippen LogP contribution is -2.46. The molecule has 0 saturated heterocycles.